The van der Waals surface area contributed by atoms with Gasteiger partial charge in [-0.15, -0.1) is 0 Å². The van der Waals surface area contributed by atoms with E-state index in [1.165, 1.54) is 38.5 Å². The third-order valence-corrected chi connectivity index (χ3v) is 4.17. The number of pyridine rings is 1. The summed E-state index contributed by atoms with van der Waals surface area (Å²) in [4.78, 5) is 23.1. The highest BCUT2D eigenvalue weighted by atomic mass is 35.5. The summed E-state index contributed by atoms with van der Waals surface area (Å²) < 4.78 is 0. The molecule has 3 rings (SSSR count). The number of rotatable bonds is 6. The van der Waals surface area contributed by atoms with Gasteiger partial charge in [0.1, 0.15) is 11.6 Å². The van der Waals surface area contributed by atoms with Gasteiger partial charge in [-0.25, -0.2) is 9.97 Å². The number of carbonyl (C=O) groups excluding carboxylic acids is 1. The standard InChI is InChI=1S/C14H16ClN5O.C5H11N/c1-9(2)4-17-14-7-16-6-12(20-14)10-3-13(19-8-21)18-5-11(10)15;1-2-4-6-5-3-1/h3,5-9H,4H2,1-2H3,(H,17,20)(H,18,19,21);6H,1-5H2. The lowest BCUT2D eigenvalue weighted by atomic mass is 10.2. The Labute approximate surface area is 165 Å². The summed E-state index contributed by atoms with van der Waals surface area (Å²) in [5.74, 6) is 1.59. The van der Waals surface area contributed by atoms with E-state index in [9.17, 15) is 4.79 Å². The fourth-order valence-electron chi connectivity index (χ4n) is 2.47. The molecule has 0 atom stereocenters. The number of nitrogens with zero attached hydrogens (tertiary/aromatic N) is 3. The van der Waals surface area contributed by atoms with Crippen molar-refractivity contribution in [1.82, 2.24) is 20.3 Å². The van der Waals surface area contributed by atoms with Crippen LogP contribution in [0.4, 0.5) is 11.6 Å². The molecule has 0 aromatic carbocycles. The molecule has 0 bridgehead atoms. The first-order chi connectivity index (χ1) is 13.1. The molecular formula is C19H27ClN6O. The van der Waals surface area contributed by atoms with Crippen molar-refractivity contribution in [2.45, 2.75) is 33.1 Å². The topological polar surface area (TPSA) is 91.8 Å². The Morgan fingerprint density at radius 3 is 2.56 bits per heavy atom. The maximum atomic E-state index is 10.5. The number of halogens is 1. The minimum atomic E-state index is 0.409. The van der Waals surface area contributed by atoms with Crippen LogP contribution in [0.5, 0.6) is 0 Å². The molecule has 27 heavy (non-hydrogen) atoms. The lowest BCUT2D eigenvalue weighted by Gasteiger charge is -2.10. The zero-order valence-corrected chi connectivity index (χ0v) is 16.6. The van der Waals surface area contributed by atoms with Crippen LogP contribution in [0.15, 0.2) is 24.7 Å². The molecule has 2 aromatic heterocycles. The first-order valence-electron chi connectivity index (χ1n) is 9.23. The van der Waals surface area contributed by atoms with E-state index in [0.29, 0.717) is 40.2 Å². The summed E-state index contributed by atoms with van der Waals surface area (Å²) in [6, 6.07) is 1.66. The van der Waals surface area contributed by atoms with Crippen LogP contribution < -0.4 is 16.0 Å². The van der Waals surface area contributed by atoms with Gasteiger partial charge in [0.15, 0.2) is 0 Å². The summed E-state index contributed by atoms with van der Waals surface area (Å²) in [6.45, 7) is 7.53. The first-order valence-corrected chi connectivity index (χ1v) is 9.60. The van der Waals surface area contributed by atoms with E-state index in [-0.39, 0.29) is 0 Å². The Morgan fingerprint density at radius 2 is 1.96 bits per heavy atom. The molecule has 1 fully saturated rings. The minimum Gasteiger partial charge on any atom is -0.369 e. The van der Waals surface area contributed by atoms with Crippen molar-refractivity contribution < 1.29 is 4.79 Å². The summed E-state index contributed by atoms with van der Waals surface area (Å²) in [5.41, 5.74) is 1.28. The maximum absolute atomic E-state index is 10.5. The Hall–Kier alpha value is -2.25. The molecule has 1 saturated heterocycles. The Bertz CT molecular complexity index is 710. The van der Waals surface area contributed by atoms with Crippen molar-refractivity contribution >= 4 is 29.6 Å². The van der Waals surface area contributed by atoms with Gasteiger partial charge >= 0.3 is 0 Å². The van der Waals surface area contributed by atoms with Crippen LogP contribution in [0, 0.1) is 5.92 Å². The number of amides is 1. The molecule has 8 heteroatoms. The van der Waals surface area contributed by atoms with Gasteiger partial charge < -0.3 is 16.0 Å². The predicted molar refractivity (Wildman–Crippen MR) is 110 cm³/mol. The van der Waals surface area contributed by atoms with E-state index in [4.69, 9.17) is 11.6 Å². The zero-order valence-electron chi connectivity index (χ0n) is 15.8. The highest BCUT2D eigenvalue weighted by molar-refractivity contribution is 6.33. The van der Waals surface area contributed by atoms with E-state index in [0.717, 1.165) is 6.54 Å². The van der Waals surface area contributed by atoms with Crippen LogP contribution in [-0.4, -0.2) is 41.0 Å². The molecule has 0 radical (unpaired) electrons. The van der Waals surface area contributed by atoms with Crippen LogP contribution >= 0.6 is 11.6 Å². The fraction of sp³-hybridized carbons (Fsp3) is 0.474. The number of piperidine rings is 1. The van der Waals surface area contributed by atoms with Crippen LogP contribution in [-0.2, 0) is 4.79 Å². The van der Waals surface area contributed by atoms with E-state index in [1.54, 1.807) is 18.5 Å². The summed E-state index contributed by atoms with van der Waals surface area (Å²) in [7, 11) is 0. The number of anilines is 2. The van der Waals surface area contributed by atoms with Gasteiger partial charge in [-0.3, -0.25) is 9.78 Å². The second kappa shape index (κ2) is 11.5. The van der Waals surface area contributed by atoms with Crippen LogP contribution in [0.1, 0.15) is 33.1 Å². The fourth-order valence-corrected chi connectivity index (χ4v) is 2.67. The molecule has 146 valence electrons. The number of carbonyl (C=O) groups is 1. The molecule has 0 spiro atoms. The predicted octanol–water partition coefficient (Wildman–Crippen LogP) is 3.59. The Morgan fingerprint density at radius 1 is 1.19 bits per heavy atom. The Kier molecular flexibility index (Phi) is 8.94. The molecule has 3 N–H and O–H groups in total. The second-order valence-corrected chi connectivity index (χ2v) is 7.09. The maximum Gasteiger partial charge on any atom is 0.212 e. The molecule has 1 aliphatic heterocycles. The van der Waals surface area contributed by atoms with Crippen LogP contribution in [0.25, 0.3) is 11.3 Å². The van der Waals surface area contributed by atoms with E-state index in [2.05, 4.69) is 44.7 Å². The van der Waals surface area contributed by atoms with Gasteiger partial charge in [-0.2, -0.15) is 0 Å². The molecule has 3 heterocycles. The SMILES string of the molecule is C1CCNCC1.CC(C)CNc1cncc(-c2cc(NC=O)ncc2Cl)n1. The third kappa shape index (κ3) is 7.48. The van der Waals surface area contributed by atoms with Gasteiger partial charge in [0.05, 0.1) is 23.1 Å². The van der Waals surface area contributed by atoms with Crippen LogP contribution in [0.2, 0.25) is 5.02 Å². The van der Waals surface area contributed by atoms with Crippen molar-refractivity contribution in [2.75, 3.05) is 30.3 Å². The summed E-state index contributed by atoms with van der Waals surface area (Å²) in [5, 5.41) is 9.43. The summed E-state index contributed by atoms with van der Waals surface area (Å²) >= 11 is 6.14. The molecule has 0 aliphatic carbocycles. The first kappa shape index (κ1) is 21.1. The van der Waals surface area contributed by atoms with E-state index < -0.39 is 0 Å². The lowest BCUT2D eigenvalue weighted by Crippen LogP contribution is -2.21. The molecule has 2 aromatic rings. The molecule has 1 aliphatic rings. The normalized spacial score (nSPS) is 13.5. The number of nitrogens with one attached hydrogen (secondary N) is 3. The van der Waals surface area contributed by atoms with Crippen molar-refractivity contribution in [3.8, 4) is 11.3 Å². The van der Waals surface area contributed by atoms with Gasteiger partial charge in [0, 0.05) is 18.3 Å². The highest BCUT2D eigenvalue weighted by Crippen LogP contribution is 2.28. The number of hydrogen-bond donors (Lipinski definition) is 3. The van der Waals surface area contributed by atoms with E-state index in [1.807, 2.05) is 0 Å². The zero-order chi connectivity index (χ0) is 19.5. The van der Waals surface area contributed by atoms with Crippen molar-refractivity contribution in [1.29, 1.82) is 0 Å². The second-order valence-electron chi connectivity index (χ2n) is 6.69. The minimum absolute atomic E-state index is 0.409. The lowest BCUT2D eigenvalue weighted by molar-refractivity contribution is -0.105. The van der Waals surface area contributed by atoms with Crippen molar-refractivity contribution in [3.05, 3.63) is 29.7 Å². The van der Waals surface area contributed by atoms with Crippen LogP contribution in [0.3, 0.4) is 0 Å². The average Bonchev–Trinajstić information content (AvgIpc) is 2.70. The average molecular weight is 391 g/mol. The molecule has 0 saturated carbocycles. The molecule has 7 nitrogen and oxygen atoms in total. The number of hydrogen-bond acceptors (Lipinski definition) is 6. The smallest absolute Gasteiger partial charge is 0.212 e. The third-order valence-electron chi connectivity index (χ3n) is 3.87. The van der Waals surface area contributed by atoms with Crippen molar-refractivity contribution in [3.63, 3.8) is 0 Å². The Balaban J connectivity index is 0.000000369. The molecular weight excluding hydrogens is 364 g/mol. The molecule has 0 unspecified atom stereocenters. The van der Waals surface area contributed by atoms with Gasteiger partial charge in [-0.1, -0.05) is 31.9 Å². The van der Waals surface area contributed by atoms with Gasteiger partial charge in [0.2, 0.25) is 6.41 Å². The monoisotopic (exact) mass is 390 g/mol. The van der Waals surface area contributed by atoms with Gasteiger partial charge in [-0.05, 0) is 37.9 Å². The molecule has 1 amide bonds. The quantitative estimate of drug-likeness (QED) is 0.653. The van der Waals surface area contributed by atoms with Crippen molar-refractivity contribution in [2.24, 2.45) is 5.92 Å². The largest absolute Gasteiger partial charge is 0.369 e. The highest BCUT2D eigenvalue weighted by Gasteiger charge is 2.09. The summed E-state index contributed by atoms with van der Waals surface area (Å²) in [6.07, 6.45) is 9.52. The van der Waals surface area contributed by atoms with E-state index >= 15 is 0 Å². The number of aromatic nitrogens is 3. The van der Waals surface area contributed by atoms with Gasteiger partial charge in [0.25, 0.3) is 0 Å².